The third kappa shape index (κ3) is 6.29. The lowest BCUT2D eigenvalue weighted by Gasteiger charge is -2.20. The van der Waals surface area contributed by atoms with Gasteiger partial charge in [-0.1, -0.05) is 31.5 Å². The molecule has 1 amide bonds. The molecule has 6 nitrogen and oxygen atoms in total. The van der Waals surface area contributed by atoms with E-state index in [1.165, 1.54) is 5.69 Å². The van der Waals surface area contributed by atoms with Gasteiger partial charge >= 0.3 is 0 Å². The SMILES string of the molecule is CCCCNC(=NCC(=O)N(C)C)NC1CCN(c2ccccc2)C1. The molecule has 1 saturated heterocycles. The summed E-state index contributed by atoms with van der Waals surface area (Å²) in [7, 11) is 3.51. The van der Waals surface area contributed by atoms with Gasteiger partial charge in [-0.3, -0.25) is 4.79 Å². The monoisotopic (exact) mass is 345 g/mol. The van der Waals surface area contributed by atoms with Gasteiger partial charge in [-0.2, -0.15) is 0 Å². The van der Waals surface area contributed by atoms with E-state index in [1.807, 2.05) is 6.07 Å². The molecule has 2 N–H and O–H groups in total. The van der Waals surface area contributed by atoms with Crippen LogP contribution in [0, 0.1) is 0 Å². The van der Waals surface area contributed by atoms with Crippen LogP contribution in [0.2, 0.25) is 0 Å². The second-order valence-corrected chi connectivity index (χ2v) is 6.64. The molecule has 25 heavy (non-hydrogen) atoms. The summed E-state index contributed by atoms with van der Waals surface area (Å²) in [5.74, 6) is 0.748. The van der Waals surface area contributed by atoms with Crippen molar-refractivity contribution in [2.75, 3.05) is 45.2 Å². The molecule has 1 atom stereocenters. The van der Waals surface area contributed by atoms with E-state index in [0.717, 1.165) is 44.9 Å². The van der Waals surface area contributed by atoms with Gasteiger partial charge in [0.05, 0.1) is 0 Å². The first-order valence-corrected chi connectivity index (χ1v) is 9.15. The zero-order chi connectivity index (χ0) is 18.1. The number of anilines is 1. The maximum absolute atomic E-state index is 11.8. The van der Waals surface area contributed by atoms with Crippen molar-refractivity contribution in [3.63, 3.8) is 0 Å². The van der Waals surface area contributed by atoms with Crippen molar-refractivity contribution in [1.29, 1.82) is 0 Å². The predicted molar refractivity (Wildman–Crippen MR) is 104 cm³/mol. The lowest BCUT2D eigenvalue weighted by atomic mass is 10.2. The zero-order valence-electron chi connectivity index (χ0n) is 15.7. The number of aliphatic imine (C=N–C) groups is 1. The molecular formula is C19H31N5O. The van der Waals surface area contributed by atoms with Crippen LogP contribution in [0.15, 0.2) is 35.3 Å². The van der Waals surface area contributed by atoms with E-state index in [-0.39, 0.29) is 12.5 Å². The fourth-order valence-corrected chi connectivity index (χ4v) is 2.77. The van der Waals surface area contributed by atoms with Crippen molar-refractivity contribution >= 4 is 17.6 Å². The van der Waals surface area contributed by atoms with Crippen molar-refractivity contribution in [2.45, 2.75) is 32.2 Å². The molecule has 1 fully saturated rings. The maximum Gasteiger partial charge on any atom is 0.243 e. The second-order valence-electron chi connectivity index (χ2n) is 6.64. The number of benzene rings is 1. The topological polar surface area (TPSA) is 60.0 Å². The van der Waals surface area contributed by atoms with Gasteiger partial charge < -0.3 is 20.4 Å². The molecule has 138 valence electrons. The number of hydrogen-bond acceptors (Lipinski definition) is 3. The van der Waals surface area contributed by atoms with Gasteiger partial charge in [0.2, 0.25) is 5.91 Å². The number of carbonyl (C=O) groups is 1. The summed E-state index contributed by atoms with van der Waals surface area (Å²) >= 11 is 0. The minimum atomic E-state index is 0.00826. The lowest BCUT2D eigenvalue weighted by Crippen LogP contribution is -2.45. The van der Waals surface area contributed by atoms with Gasteiger partial charge in [-0.05, 0) is 25.0 Å². The van der Waals surface area contributed by atoms with Crippen LogP contribution in [-0.4, -0.2) is 63.1 Å². The van der Waals surface area contributed by atoms with E-state index < -0.39 is 0 Å². The molecular weight excluding hydrogens is 314 g/mol. The number of nitrogens with one attached hydrogen (secondary N) is 2. The predicted octanol–water partition coefficient (Wildman–Crippen LogP) is 1.69. The molecule has 1 aliphatic rings. The summed E-state index contributed by atoms with van der Waals surface area (Å²) in [4.78, 5) is 20.2. The number of para-hydroxylation sites is 1. The van der Waals surface area contributed by atoms with E-state index in [2.05, 4.69) is 51.7 Å². The highest BCUT2D eigenvalue weighted by molar-refractivity contribution is 5.85. The molecule has 0 bridgehead atoms. The Labute approximate surface area is 151 Å². The molecule has 0 aromatic heterocycles. The Morgan fingerprint density at radius 1 is 1.32 bits per heavy atom. The van der Waals surface area contributed by atoms with Crippen molar-refractivity contribution in [2.24, 2.45) is 4.99 Å². The Bertz CT molecular complexity index is 558. The van der Waals surface area contributed by atoms with Gasteiger partial charge in [-0.25, -0.2) is 4.99 Å². The first kappa shape index (κ1) is 19.1. The van der Waals surface area contributed by atoms with Gasteiger partial charge in [0, 0.05) is 45.5 Å². The van der Waals surface area contributed by atoms with E-state index >= 15 is 0 Å². The summed E-state index contributed by atoms with van der Waals surface area (Å²) in [6, 6.07) is 10.8. The summed E-state index contributed by atoms with van der Waals surface area (Å²) in [5, 5.41) is 6.84. The Morgan fingerprint density at radius 2 is 2.08 bits per heavy atom. The van der Waals surface area contributed by atoms with E-state index in [0.29, 0.717) is 6.04 Å². The van der Waals surface area contributed by atoms with Crippen LogP contribution in [0.1, 0.15) is 26.2 Å². The quantitative estimate of drug-likeness (QED) is 0.448. The Kier molecular flexibility index (Phi) is 7.57. The number of nitrogens with zero attached hydrogens (tertiary/aromatic N) is 3. The van der Waals surface area contributed by atoms with Crippen LogP contribution in [-0.2, 0) is 4.79 Å². The highest BCUT2D eigenvalue weighted by Crippen LogP contribution is 2.19. The molecule has 1 heterocycles. The van der Waals surface area contributed by atoms with Crippen LogP contribution in [0.3, 0.4) is 0 Å². The number of guanidine groups is 1. The second kappa shape index (κ2) is 9.91. The number of amides is 1. The summed E-state index contributed by atoms with van der Waals surface area (Å²) in [6.45, 7) is 5.17. The molecule has 1 aromatic carbocycles. The zero-order valence-corrected chi connectivity index (χ0v) is 15.7. The third-order valence-electron chi connectivity index (χ3n) is 4.34. The van der Waals surface area contributed by atoms with Gasteiger partial charge in [0.15, 0.2) is 5.96 Å². The number of likely N-dealkylation sites (N-methyl/N-ethyl adjacent to an activating group) is 1. The van der Waals surface area contributed by atoms with E-state index in [9.17, 15) is 4.79 Å². The average Bonchev–Trinajstić information content (AvgIpc) is 3.08. The number of carbonyl (C=O) groups excluding carboxylic acids is 1. The Morgan fingerprint density at radius 3 is 2.76 bits per heavy atom. The van der Waals surface area contributed by atoms with Crippen LogP contribution in [0.25, 0.3) is 0 Å². The smallest absolute Gasteiger partial charge is 0.243 e. The summed E-state index contributed by atoms with van der Waals surface area (Å²) < 4.78 is 0. The first-order chi connectivity index (χ1) is 12.1. The van der Waals surface area contributed by atoms with Gasteiger partial charge in [-0.15, -0.1) is 0 Å². The van der Waals surface area contributed by atoms with Crippen LogP contribution < -0.4 is 15.5 Å². The van der Waals surface area contributed by atoms with E-state index in [4.69, 9.17) is 0 Å². The van der Waals surface area contributed by atoms with Crippen molar-refractivity contribution in [3.05, 3.63) is 30.3 Å². The molecule has 0 radical (unpaired) electrons. The van der Waals surface area contributed by atoms with Gasteiger partial charge in [0.1, 0.15) is 6.54 Å². The first-order valence-electron chi connectivity index (χ1n) is 9.15. The van der Waals surface area contributed by atoms with Crippen LogP contribution in [0.5, 0.6) is 0 Å². The minimum Gasteiger partial charge on any atom is -0.369 e. The average molecular weight is 345 g/mol. The molecule has 1 unspecified atom stereocenters. The highest BCUT2D eigenvalue weighted by Gasteiger charge is 2.23. The number of hydrogen-bond donors (Lipinski definition) is 2. The third-order valence-corrected chi connectivity index (χ3v) is 4.34. The van der Waals surface area contributed by atoms with Gasteiger partial charge in [0.25, 0.3) is 0 Å². The lowest BCUT2D eigenvalue weighted by molar-refractivity contribution is -0.127. The summed E-state index contributed by atoms with van der Waals surface area (Å²) in [6.07, 6.45) is 3.27. The minimum absolute atomic E-state index is 0.00826. The van der Waals surface area contributed by atoms with Crippen molar-refractivity contribution < 1.29 is 4.79 Å². The van der Waals surface area contributed by atoms with Crippen molar-refractivity contribution in [3.8, 4) is 0 Å². The fraction of sp³-hybridized carbons (Fsp3) is 0.579. The van der Waals surface area contributed by atoms with Crippen LogP contribution >= 0.6 is 0 Å². The fourth-order valence-electron chi connectivity index (χ4n) is 2.77. The maximum atomic E-state index is 11.8. The van der Waals surface area contributed by atoms with E-state index in [1.54, 1.807) is 19.0 Å². The molecule has 0 spiro atoms. The molecule has 0 saturated carbocycles. The molecule has 1 aliphatic heterocycles. The molecule has 0 aliphatic carbocycles. The molecule has 2 rings (SSSR count). The highest BCUT2D eigenvalue weighted by atomic mass is 16.2. The Balaban J connectivity index is 1.91. The largest absolute Gasteiger partial charge is 0.369 e. The Hall–Kier alpha value is -2.24. The van der Waals surface area contributed by atoms with Crippen molar-refractivity contribution in [1.82, 2.24) is 15.5 Å². The normalized spacial score (nSPS) is 17.5. The molecule has 6 heteroatoms. The molecule has 1 aromatic rings. The van der Waals surface area contributed by atoms with Crippen LogP contribution in [0.4, 0.5) is 5.69 Å². The number of unbranched alkanes of at least 4 members (excludes halogenated alkanes) is 1. The number of rotatable bonds is 7. The standard InChI is InChI=1S/C19H31N5O/c1-4-5-12-20-19(21-14-18(25)23(2)3)22-16-11-13-24(15-16)17-9-7-6-8-10-17/h6-10,16H,4-5,11-15H2,1-3H3,(H2,20,21,22). The summed E-state index contributed by atoms with van der Waals surface area (Å²) in [5.41, 5.74) is 1.26.